The van der Waals surface area contributed by atoms with Crippen LogP contribution in [0.15, 0.2) is 54.6 Å². The van der Waals surface area contributed by atoms with Gasteiger partial charge in [0.1, 0.15) is 6.04 Å². The smallest absolute Gasteiger partial charge is 0.243 e. The second-order valence-electron chi connectivity index (χ2n) is 8.04. The van der Waals surface area contributed by atoms with Gasteiger partial charge in [0, 0.05) is 17.6 Å². The number of halogens is 1. The fourth-order valence-corrected chi connectivity index (χ4v) is 4.40. The summed E-state index contributed by atoms with van der Waals surface area (Å²) in [5.41, 5.74) is 2.02. The van der Waals surface area contributed by atoms with Gasteiger partial charge in [0.25, 0.3) is 0 Å². The van der Waals surface area contributed by atoms with Crippen molar-refractivity contribution in [2.75, 3.05) is 6.54 Å². The maximum Gasteiger partial charge on any atom is 0.243 e. The fourth-order valence-electron chi connectivity index (χ4n) is 4.19. The third-order valence-electron chi connectivity index (χ3n) is 5.82. The van der Waals surface area contributed by atoms with Crippen molar-refractivity contribution in [3.8, 4) is 0 Å². The van der Waals surface area contributed by atoms with E-state index < -0.39 is 6.04 Å². The van der Waals surface area contributed by atoms with Crippen molar-refractivity contribution < 1.29 is 9.59 Å². The first-order valence-electron chi connectivity index (χ1n) is 10.9. The molecule has 3 rings (SSSR count). The summed E-state index contributed by atoms with van der Waals surface area (Å²) >= 11 is 6.10. The molecule has 0 aliphatic heterocycles. The van der Waals surface area contributed by atoms with Gasteiger partial charge in [-0.25, -0.2) is 0 Å². The molecular weight excluding hydrogens is 396 g/mol. The van der Waals surface area contributed by atoms with Crippen LogP contribution >= 0.6 is 11.6 Å². The Morgan fingerprint density at radius 3 is 2.43 bits per heavy atom. The molecule has 1 saturated carbocycles. The number of benzene rings is 2. The van der Waals surface area contributed by atoms with Gasteiger partial charge >= 0.3 is 0 Å². The van der Waals surface area contributed by atoms with Gasteiger partial charge < -0.3 is 10.2 Å². The number of nitrogens with zero attached hydrogens (tertiary/aromatic N) is 1. The Kier molecular flexibility index (Phi) is 8.32. The predicted molar refractivity (Wildman–Crippen MR) is 121 cm³/mol. The van der Waals surface area contributed by atoms with E-state index in [4.69, 9.17) is 11.6 Å². The molecule has 0 heterocycles. The van der Waals surface area contributed by atoms with E-state index in [1.807, 2.05) is 43.3 Å². The van der Waals surface area contributed by atoms with Gasteiger partial charge in [-0.15, -0.1) is 0 Å². The first kappa shape index (κ1) is 22.4. The van der Waals surface area contributed by atoms with Crippen molar-refractivity contribution in [2.45, 2.75) is 64.0 Å². The Bertz CT molecular complexity index is 834. The lowest BCUT2D eigenvalue weighted by atomic mass is 10.1. The summed E-state index contributed by atoms with van der Waals surface area (Å²) in [7, 11) is 0. The Balaban J connectivity index is 1.75. The quantitative estimate of drug-likeness (QED) is 0.626. The van der Waals surface area contributed by atoms with E-state index >= 15 is 0 Å². The van der Waals surface area contributed by atoms with E-state index in [2.05, 4.69) is 17.4 Å². The highest BCUT2D eigenvalue weighted by Gasteiger charge is 2.30. The fraction of sp³-hybridized carbons (Fsp3) is 0.440. The number of amides is 2. The van der Waals surface area contributed by atoms with Crippen molar-refractivity contribution in [1.82, 2.24) is 10.2 Å². The van der Waals surface area contributed by atoms with E-state index in [9.17, 15) is 9.59 Å². The highest BCUT2D eigenvalue weighted by atomic mass is 35.5. The minimum absolute atomic E-state index is 0.0306. The zero-order valence-electron chi connectivity index (χ0n) is 17.6. The topological polar surface area (TPSA) is 49.4 Å². The number of rotatable bonds is 9. The predicted octanol–water partition coefficient (Wildman–Crippen LogP) is 4.79. The molecule has 1 aliphatic carbocycles. The van der Waals surface area contributed by atoms with E-state index in [-0.39, 0.29) is 24.3 Å². The minimum atomic E-state index is -0.457. The van der Waals surface area contributed by atoms with Gasteiger partial charge in [-0.05, 0) is 48.9 Å². The molecular formula is C25H31ClN2O2. The summed E-state index contributed by atoms with van der Waals surface area (Å²) in [5.74, 6) is -0.0708. The molecule has 0 radical (unpaired) electrons. The maximum atomic E-state index is 13.3. The Hall–Kier alpha value is -2.33. The van der Waals surface area contributed by atoms with E-state index in [0.717, 1.165) is 43.2 Å². The molecule has 2 amide bonds. The molecule has 0 saturated heterocycles. The molecule has 0 aromatic heterocycles. The minimum Gasteiger partial charge on any atom is -0.352 e. The molecule has 4 nitrogen and oxygen atoms in total. The van der Waals surface area contributed by atoms with Crippen LogP contribution in [0.2, 0.25) is 5.02 Å². The zero-order chi connectivity index (χ0) is 21.3. The maximum absolute atomic E-state index is 13.3. The summed E-state index contributed by atoms with van der Waals surface area (Å²) in [6.45, 7) is 2.49. The van der Waals surface area contributed by atoms with Crippen LogP contribution in [0.1, 0.15) is 50.2 Å². The first-order valence-corrected chi connectivity index (χ1v) is 11.3. The average molecular weight is 427 g/mol. The van der Waals surface area contributed by atoms with Crippen molar-refractivity contribution in [1.29, 1.82) is 0 Å². The molecule has 0 spiro atoms. The summed E-state index contributed by atoms with van der Waals surface area (Å²) in [5, 5.41) is 3.80. The third-order valence-corrected chi connectivity index (χ3v) is 6.05. The van der Waals surface area contributed by atoms with E-state index in [1.165, 1.54) is 0 Å². The van der Waals surface area contributed by atoms with Crippen LogP contribution < -0.4 is 5.32 Å². The molecule has 160 valence electrons. The van der Waals surface area contributed by atoms with Crippen LogP contribution in [-0.4, -0.2) is 35.3 Å². The number of carbonyl (C=O) groups is 2. The second-order valence-corrected chi connectivity index (χ2v) is 8.48. The van der Waals surface area contributed by atoms with Crippen LogP contribution in [-0.2, 0) is 22.4 Å². The monoisotopic (exact) mass is 426 g/mol. The van der Waals surface area contributed by atoms with Crippen molar-refractivity contribution in [3.05, 3.63) is 70.7 Å². The second kappa shape index (κ2) is 11.2. The van der Waals surface area contributed by atoms with Gasteiger partial charge in [0.2, 0.25) is 11.8 Å². The largest absolute Gasteiger partial charge is 0.352 e. The van der Waals surface area contributed by atoms with E-state index in [1.54, 1.807) is 11.0 Å². The van der Waals surface area contributed by atoms with Crippen molar-refractivity contribution in [2.24, 2.45) is 0 Å². The zero-order valence-corrected chi connectivity index (χ0v) is 18.4. The lowest BCUT2D eigenvalue weighted by Crippen LogP contribution is -2.52. The molecule has 30 heavy (non-hydrogen) atoms. The first-order chi connectivity index (χ1) is 14.6. The van der Waals surface area contributed by atoms with Gasteiger partial charge in [-0.1, -0.05) is 73.8 Å². The third kappa shape index (κ3) is 6.33. The summed E-state index contributed by atoms with van der Waals surface area (Å²) in [4.78, 5) is 28.1. The summed E-state index contributed by atoms with van der Waals surface area (Å²) in [6.07, 6.45) is 5.93. The Morgan fingerprint density at radius 2 is 1.77 bits per heavy atom. The van der Waals surface area contributed by atoms with Crippen LogP contribution in [0.3, 0.4) is 0 Å². The molecule has 0 unspecified atom stereocenters. The Labute approximate surface area is 184 Å². The van der Waals surface area contributed by atoms with Crippen LogP contribution in [0.25, 0.3) is 0 Å². The molecule has 1 aliphatic rings. The van der Waals surface area contributed by atoms with Crippen LogP contribution in [0, 0.1) is 0 Å². The lowest BCUT2D eigenvalue weighted by molar-refractivity contribution is -0.140. The Morgan fingerprint density at radius 1 is 1.07 bits per heavy atom. The number of carbonyl (C=O) groups excluding carboxylic acids is 2. The number of hydrogen-bond donors (Lipinski definition) is 1. The molecule has 1 atom stereocenters. The average Bonchev–Trinajstić information content (AvgIpc) is 3.24. The van der Waals surface area contributed by atoms with Gasteiger partial charge in [-0.3, -0.25) is 9.59 Å². The normalized spacial score (nSPS) is 15.0. The molecule has 2 aromatic carbocycles. The molecule has 1 N–H and O–H groups in total. The van der Waals surface area contributed by atoms with Gasteiger partial charge in [0.15, 0.2) is 0 Å². The SMILES string of the molecule is CC[C@H](C(=O)NC1CCCC1)N(CCc1ccccc1)C(=O)Cc1cccc(Cl)c1. The molecule has 5 heteroatoms. The van der Waals surface area contributed by atoms with Crippen molar-refractivity contribution in [3.63, 3.8) is 0 Å². The highest BCUT2D eigenvalue weighted by Crippen LogP contribution is 2.19. The molecule has 0 bridgehead atoms. The lowest BCUT2D eigenvalue weighted by Gasteiger charge is -2.31. The van der Waals surface area contributed by atoms with Gasteiger partial charge in [0.05, 0.1) is 6.42 Å². The summed E-state index contributed by atoms with van der Waals surface area (Å²) < 4.78 is 0. The molecule has 2 aromatic rings. The van der Waals surface area contributed by atoms with Crippen LogP contribution in [0.4, 0.5) is 0 Å². The number of nitrogens with one attached hydrogen (secondary N) is 1. The highest BCUT2D eigenvalue weighted by molar-refractivity contribution is 6.30. The van der Waals surface area contributed by atoms with Crippen LogP contribution in [0.5, 0.6) is 0 Å². The van der Waals surface area contributed by atoms with Gasteiger partial charge in [-0.2, -0.15) is 0 Å². The standard InChI is InChI=1S/C25H31ClN2O2/c1-2-23(25(30)27-22-13-6-7-14-22)28(16-15-19-9-4-3-5-10-19)24(29)18-20-11-8-12-21(26)17-20/h3-5,8-12,17,22-23H,2,6-7,13-16,18H2,1H3,(H,27,30)/t23-/m1/s1. The number of hydrogen-bond acceptors (Lipinski definition) is 2. The molecule has 1 fully saturated rings. The van der Waals surface area contributed by atoms with E-state index in [0.29, 0.717) is 18.0 Å². The summed E-state index contributed by atoms with van der Waals surface area (Å²) in [6, 6.07) is 17.2. The van der Waals surface area contributed by atoms with Crippen molar-refractivity contribution >= 4 is 23.4 Å².